The van der Waals surface area contributed by atoms with E-state index in [1.807, 2.05) is 43.3 Å². The van der Waals surface area contributed by atoms with Gasteiger partial charge < -0.3 is 4.74 Å². The van der Waals surface area contributed by atoms with Gasteiger partial charge in [-0.25, -0.2) is 18.4 Å². The van der Waals surface area contributed by atoms with Gasteiger partial charge in [-0.3, -0.25) is 4.72 Å². The molecule has 0 unspecified atom stereocenters. The van der Waals surface area contributed by atoms with E-state index in [0.29, 0.717) is 17.6 Å². The summed E-state index contributed by atoms with van der Waals surface area (Å²) in [6.45, 7) is 2.29. The summed E-state index contributed by atoms with van der Waals surface area (Å²) in [5, 5.41) is 0. The van der Waals surface area contributed by atoms with Crippen LogP contribution in [0.2, 0.25) is 0 Å². The first-order chi connectivity index (χ1) is 15.0. The van der Waals surface area contributed by atoms with Gasteiger partial charge in [-0.1, -0.05) is 60.2 Å². The molecular weight excluding hydrogens is 410 g/mol. The number of aromatic nitrogens is 2. The standard InChI is InChI=1S/C24H23N3O3S/c1-18-13-15-20(16-14-18)31(28,29)27-23-24(26-22-12-6-5-11-21(22)25-23)30-17-7-10-19-8-3-2-4-9-19/h2-6,8-9,11-16H,7,10,17H2,1H3,(H,25,27). The molecule has 0 aliphatic carbocycles. The van der Waals surface area contributed by atoms with Gasteiger partial charge in [0.25, 0.3) is 15.9 Å². The minimum Gasteiger partial charge on any atom is -0.475 e. The largest absolute Gasteiger partial charge is 0.475 e. The number of nitrogens with one attached hydrogen (secondary N) is 1. The summed E-state index contributed by atoms with van der Waals surface area (Å²) < 4.78 is 34.2. The molecule has 0 saturated heterocycles. The number of hydrogen-bond donors (Lipinski definition) is 1. The second-order valence-electron chi connectivity index (χ2n) is 7.22. The predicted octanol–water partition coefficient (Wildman–Crippen LogP) is 4.75. The second-order valence-corrected chi connectivity index (χ2v) is 8.90. The van der Waals surface area contributed by atoms with Crippen molar-refractivity contribution in [3.8, 4) is 5.88 Å². The van der Waals surface area contributed by atoms with Crippen LogP contribution in [-0.4, -0.2) is 25.0 Å². The third kappa shape index (κ3) is 5.19. The number of fused-ring (bicyclic) bond motifs is 1. The van der Waals surface area contributed by atoms with E-state index in [1.54, 1.807) is 30.3 Å². The van der Waals surface area contributed by atoms with E-state index >= 15 is 0 Å². The molecule has 0 aliphatic rings. The number of sulfonamides is 1. The molecule has 0 atom stereocenters. The molecule has 0 aliphatic heterocycles. The zero-order valence-electron chi connectivity index (χ0n) is 17.2. The van der Waals surface area contributed by atoms with E-state index in [-0.39, 0.29) is 16.6 Å². The van der Waals surface area contributed by atoms with Crippen LogP contribution in [-0.2, 0) is 16.4 Å². The van der Waals surface area contributed by atoms with Crippen LogP contribution in [0.25, 0.3) is 11.0 Å². The Morgan fingerprint density at radius 3 is 2.19 bits per heavy atom. The Bertz CT molecular complexity index is 1270. The van der Waals surface area contributed by atoms with Crippen LogP contribution < -0.4 is 9.46 Å². The van der Waals surface area contributed by atoms with Gasteiger partial charge in [0.2, 0.25) is 5.82 Å². The van der Waals surface area contributed by atoms with Crippen LogP contribution in [0.1, 0.15) is 17.5 Å². The van der Waals surface area contributed by atoms with E-state index in [1.165, 1.54) is 5.56 Å². The summed E-state index contributed by atoms with van der Waals surface area (Å²) >= 11 is 0. The maximum absolute atomic E-state index is 12.9. The predicted molar refractivity (Wildman–Crippen MR) is 122 cm³/mol. The average Bonchev–Trinajstić information content (AvgIpc) is 2.77. The zero-order valence-corrected chi connectivity index (χ0v) is 18.0. The number of nitrogens with zero attached hydrogens (tertiary/aromatic N) is 2. The third-order valence-electron chi connectivity index (χ3n) is 4.79. The fourth-order valence-corrected chi connectivity index (χ4v) is 4.14. The summed E-state index contributed by atoms with van der Waals surface area (Å²) in [6, 6.07) is 24.0. The van der Waals surface area contributed by atoms with Gasteiger partial charge in [-0.05, 0) is 49.6 Å². The molecule has 0 bridgehead atoms. The molecule has 0 saturated carbocycles. The number of rotatable bonds is 8. The lowest BCUT2D eigenvalue weighted by atomic mass is 10.1. The molecule has 0 spiro atoms. The summed E-state index contributed by atoms with van der Waals surface area (Å²) in [6.07, 6.45) is 1.62. The summed E-state index contributed by atoms with van der Waals surface area (Å²) in [7, 11) is -3.83. The van der Waals surface area contributed by atoms with Crippen molar-refractivity contribution < 1.29 is 13.2 Å². The quantitative estimate of drug-likeness (QED) is 0.406. The number of aryl methyl sites for hydroxylation is 2. The number of benzene rings is 3. The molecule has 31 heavy (non-hydrogen) atoms. The minimum atomic E-state index is -3.83. The highest BCUT2D eigenvalue weighted by Gasteiger charge is 2.19. The molecule has 4 aromatic rings. The van der Waals surface area contributed by atoms with Crippen LogP contribution in [0.3, 0.4) is 0 Å². The van der Waals surface area contributed by atoms with Crippen molar-refractivity contribution in [2.45, 2.75) is 24.7 Å². The minimum absolute atomic E-state index is 0.0824. The Morgan fingerprint density at radius 1 is 0.839 bits per heavy atom. The SMILES string of the molecule is Cc1ccc(S(=O)(=O)Nc2nc3ccccc3nc2OCCCc2ccccc2)cc1. The second kappa shape index (κ2) is 9.14. The first-order valence-electron chi connectivity index (χ1n) is 10.0. The van der Waals surface area contributed by atoms with Gasteiger partial charge in [0.05, 0.1) is 22.5 Å². The van der Waals surface area contributed by atoms with Crippen LogP contribution in [0, 0.1) is 6.92 Å². The van der Waals surface area contributed by atoms with Crippen molar-refractivity contribution in [2.24, 2.45) is 0 Å². The molecular formula is C24H23N3O3S. The topological polar surface area (TPSA) is 81.2 Å². The Hall–Kier alpha value is -3.45. The number of para-hydroxylation sites is 2. The third-order valence-corrected chi connectivity index (χ3v) is 6.15. The summed E-state index contributed by atoms with van der Waals surface area (Å²) in [5.41, 5.74) is 3.42. The Labute approximate surface area is 182 Å². The lowest BCUT2D eigenvalue weighted by Gasteiger charge is -2.13. The Kier molecular flexibility index (Phi) is 6.13. The van der Waals surface area contributed by atoms with E-state index in [9.17, 15) is 8.42 Å². The van der Waals surface area contributed by atoms with Crippen molar-refractivity contribution in [2.75, 3.05) is 11.3 Å². The Balaban J connectivity index is 1.56. The maximum atomic E-state index is 12.9. The van der Waals surface area contributed by atoms with Gasteiger partial charge in [-0.15, -0.1) is 0 Å². The normalized spacial score (nSPS) is 11.4. The van der Waals surface area contributed by atoms with Crippen molar-refractivity contribution in [3.05, 3.63) is 90.0 Å². The molecule has 1 N–H and O–H groups in total. The summed E-state index contributed by atoms with van der Waals surface area (Å²) in [5.74, 6) is 0.251. The van der Waals surface area contributed by atoms with E-state index in [2.05, 4.69) is 26.8 Å². The highest BCUT2D eigenvalue weighted by Crippen LogP contribution is 2.26. The Morgan fingerprint density at radius 2 is 1.48 bits per heavy atom. The van der Waals surface area contributed by atoms with Gasteiger partial charge in [-0.2, -0.15) is 0 Å². The highest BCUT2D eigenvalue weighted by molar-refractivity contribution is 7.92. The first kappa shape index (κ1) is 20.8. The monoisotopic (exact) mass is 433 g/mol. The number of anilines is 1. The van der Waals surface area contributed by atoms with Gasteiger partial charge in [0.1, 0.15) is 0 Å². The molecule has 3 aromatic carbocycles. The lowest BCUT2D eigenvalue weighted by molar-refractivity contribution is 0.301. The molecule has 0 fully saturated rings. The van der Waals surface area contributed by atoms with E-state index < -0.39 is 10.0 Å². The molecule has 0 radical (unpaired) electrons. The van der Waals surface area contributed by atoms with Crippen LogP contribution >= 0.6 is 0 Å². The molecule has 0 amide bonds. The molecule has 158 valence electrons. The van der Waals surface area contributed by atoms with Crippen LogP contribution in [0.15, 0.2) is 83.8 Å². The lowest BCUT2D eigenvalue weighted by Crippen LogP contribution is -2.16. The summed E-state index contributed by atoms with van der Waals surface area (Å²) in [4.78, 5) is 9.12. The molecule has 6 nitrogen and oxygen atoms in total. The van der Waals surface area contributed by atoms with Gasteiger partial charge >= 0.3 is 0 Å². The van der Waals surface area contributed by atoms with Crippen molar-refractivity contribution in [1.82, 2.24) is 9.97 Å². The average molecular weight is 434 g/mol. The zero-order chi connectivity index (χ0) is 21.7. The maximum Gasteiger partial charge on any atom is 0.263 e. The van der Waals surface area contributed by atoms with Crippen LogP contribution in [0.4, 0.5) is 5.82 Å². The van der Waals surface area contributed by atoms with Gasteiger partial charge in [0.15, 0.2) is 0 Å². The number of ether oxygens (including phenoxy) is 1. The number of hydrogen-bond acceptors (Lipinski definition) is 5. The first-order valence-corrected chi connectivity index (χ1v) is 11.5. The van der Waals surface area contributed by atoms with Gasteiger partial charge in [0, 0.05) is 0 Å². The van der Waals surface area contributed by atoms with Crippen LogP contribution in [0.5, 0.6) is 5.88 Å². The molecule has 7 heteroatoms. The van der Waals surface area contributed by atoms with Crippen molar-refractivity contribution in [3.63, 3.8) is 0 Å². The smallest absolute Gasteiger partial charge is 0.263 e. The highest BCUT2D eigenvalue weighted by atomic mass is 32.2. The van der Waals surface area contributed by atoms with E-state index in [4.69, 9.17) is 4.74 Å². The fourth-order valence-electron chi connectivity index (χ4n) is 3.14. The molecule has 1 aromatic heterocycles. The van der Waals surface area contributed by atoms with Crippen molar-refractivity contribution in [1.29, 1.82) is 0 Å². The molecule has 1 heterocycles. The van der Waals surface area contributed by atoms with E-state index in [0.717, 1.165) is 18.4 Å². The fraction of sp³-hybridized carbons (Fsp3) is 0.167. The van der Waals surface area contributed by atoms with Crippen molar-refractivity contribution >= 4 is 26.9 Å². The molecule has 4 rings (SSSR count).